The molecule has 1 N–H and O–H groups in total. The molecule has 0 aliphatic heterocycles. The summed E-state index contributed by atoms with van der Waals surface area (Å²) in [6.07, 6.45) is -0.0204. The second-order valence-electron chi connectivity index (χ2n) is 3.84. The lowest BCUT2D eigenvalue weighted by molar-refractivity contribution is 0.100. The normalized spacial score (nSPS) is 13.1. The molecule has 0 spiro atoms. The van der Waals surface area contributed by atoms with Gasteiger partial charge in [-0.05, 0) is 17.7 Å². The van der Waals surface area contributed by atoms with Gasteiger partial charge in [0.05, 0.1) is 6.10 Å². The number of nitrogens with one attached hydrogen (secondary N) is 1. The van der Waals surface area contributed by atoms with Crippen LogP contribution in [0.15, 0.2) is 24.3 Å². The van der Waals surface area contributed by atoms with Crippen LogP contribution < -0.4 is 5.32 Å². The molecule has 1 aromatic carbocycles. The van der Waals surface area contributed by atoms with Gasteiger partial charge in [0.2, 0.25) is 0 Å². The summed E-state index contributed by atoms with van der Waals surface area (Å²) in [4.78, 5) is 0. The van der Waals surface area contributed by atoms with E-state index in [1.807, 2.05) is 0 Å². The van der Waals surface area contributed by atoms with Gasteiger partial charge >= 0.3 is 0 Å². The Bertz CT molecular complexity index is 284. The lowest BCUT2D eigenvalue weighted by Gasteiger charge is -2.18. The quantitative estimate of drug-likeness (QED) is 0.808. The Morgan fingerprint density at radius 3 is 2.33 bits per heavy atom. The first-order valence-corrected chi connectivity index (χ1v) is 5.15. The van der Waals surface area contributed by atoms with E-state index in [0.717, 1.165) is 12.1 Å². The average molecular weight is 211 g/mol. The molecule has 3 heteroatoms. The Balaban J connectivity index is 2.61. The Morgan fingerprint density at radius 2 is 1.87 bits per heavy atom. The number of halogens is 1. The van der Waals surface area contributed by atoms with Crippen LogP contribution in [0.5, 0.6) is 0 Å². The molecule has 0 saturated carbocycles. The van der Waals surface area contributed by atoms with E-state index in [-0.39, 0.29) is 11.9 Å². The van der Waals surface area contributed by atoms with Gasteiger partial charge in [-0.15, -0.1) is 0 Å². The van der Waals surface area contributed by atoms with Crippen molar-refractivity contribution < 1.29 is 9.13 Å². The molecule has 1 unspecified atom stereocenters. The third kappa shape index (κ3) is 3.98. The molecule has 84 valence electrons. The Labute approximate surface area is 90.4 Å². The monoisotopic (exact) mass is 211 g/mol. The molecule has 0 saturated heterocycles. The molecular formula is C12H18FNO. The Morgan fingerprint density at radius 1 is 1.27 bits per heavy atom. The van der Waals surface area contributed by atoms with Gasteiger partial charge in [0.25, 0.3) is 0 Å². The summed E-state index contributed by atoms with van der Waals surface area (Å²) in [6, 6.07) is 6.84. The highest BCUT2D eigenvalue weighted by Gasteiger charge is 2.10. The largest absolute Gasteiger partial charge is 0.375 e. The predicted octanol–water partition coefficient (Wildman–Crippen LogP) is 2.51. The first-order chi connectivity index (χ1) is 7.13. The van der Waals surface area contributed by atoms with E-state index in [2.05, 4.69) is 19.2 Å². The van der Waals surface area contributed by atoms with Gasteiger partial charge in [-0.1, -0.05) is 26.0 Å². The van der Waals surface area contributed by atoms with Crippen molar-refractivity contribution in [2.45, 2.75) is 26.0 Å². The van der Waals surface area contributed by atoms with Crippen molar-refractivity contribution in [2.75, 3.05) is 13.7 Å². The zero-order valence-corrected chi connectivity index (χ0v) is 9.46. The van der Waals surface area contributed by atoms with E-state index < -0.39 is 0 Å². The van der Waals surface area contributed by atoms with Gasteiger partial charge in [0.15, 0.2) is 0 Å². The standard InChI is InChI=1S/C12H18FNO/c1-9(2)14-8-12(15-3)10-4-6-11(13)7-5-10/h4-7,9,12,14H,8H2,1-3H3. The molecule has 0 heterocycles. The zero-order valence-electron chi connectivity index (χ0n) is 9.46. The number of rotatable bonds is 5. The van der Waals surface area contributed by atoms with Crippen LogP contribution in [0, 0.1) is 5.82 Å². The minimum Gasteiger partial charge on any atom is -0.375 e. The second kappa shape index (κ2) is 5.83. The van der Waals surface area contributed by atoms with Gasteiger partial charge in [0.1, 0.15) is 5.82 Å². The predicted molar refractivity (Wildman–Crippen MR) is 59.3 cm³/mol. The van der Waals surface area contributed by atoms with E-state index in [4.69, 9.17) is 4.74 Å². The fraction of sp³-hybridized carbons (Fsp3) is 0.500. The van der Waals surface area contributed by atoms with Crippen molar-refractivity contribution in [3.63, 3.8) is 0 Å². The van der Waals surface area contributed by atoms with Gasteiger partial charge < -0.3 is 10.1 Å². The van der Waals surface area contributed by atoms with Gasteiger partial charge in [-0.25, -0.2) is 4.39 Å². The van der Waals surface area contributed by atoms with E-state index in [0.29, 0.717) is 6.04 Å². The van der Waals surface area contributed by atoms with Crippen LogP contribution in [0.3, 0.4) is 0 Å². The summed E-state index contributed by atoms with van der Waals surface area (Å²) in [6.45, 7) is 4.90. The van der Waals surface area contributed by atoms with Crippen LogP contribution in [0.1, 0.15) is 25.5 Å². The van der Waals surface area contributed by atoms with E-state index in [1.165, 1.54) is 12.1 Å². The number of hydrogen-bond donors (Lipinski definition) is 1. The molecule has 1 rings (SSSR count). The molecule has 0 aliphatic rings. The molecule has 0 bridgehead atoms. The van der Waals surface area contributed by atoms with Gasteiger partial charge in [0, 0.05) is 19.7 Å². The smallest absolute Gasteiger partial charge is 0.123 e. The maximum absolute atomic E-state index is 12.7. The summed E-state index contributed by atoms with van der Waals surface area (Å²) in [7, 11) is 1.66. The van der Waals surface area contributed by atoms with Crippen molar-refractivity contribution in [3.05, 3.63) is 35.6 Å². The summed E-state index contributed by atoms with van der Waals surface area (Å²) in [5.41, 5.74) is 0.993. The van der Waals surface area contributed by atoms with Crippen LogP contribution in [-0.2, 0) is 4.74 Å². The summed E-state index contributed by atoms with van der Waals surface area (Å²) in [5, 5.41) is 3.29. The maximum atomic E-state index is 12.7. The summed E-state index contributed by atoms with van der Waals surface area (Å²) < 4.78 is 18.1. The van der Waals surface area contributed by atoms with Crippen LogP contribution >= 0.6 is 0 Å². The maximum Gasteiger partial charge on any atom is 0.123 e. The lowest BCUT2D eigenvalue weighted by Crippen LogP contribution is -2.28. The van der Waals surface area contributed by atoms with Crippen LogP contribution in [0.25, 0.3) is 0 Å². The van der Waals surface area contributed by atoms with Gasteiger partial charge in [-0.2, -0.15) is 0 Å². The SMILES string of the molecule is COC(CNC(C)C)c1ccc(F)cc1. The summed E-state index contributed by atoms with van der Waals surface area (Å²) >= 11 is 0. The average Bonchev–Trinajstić information content (AvgIpc) is 2.21. The van der Waals surface area contributed by atoms with E-state index in [9.17, 15) is 4.39 Å². The minimum absolute atomic E-state index is 0.0204. The molecule has 0 amide bonds. The third-order valence-corrected chi connectivity index (χ3v) is 2.24. The van der Waals surface area contributed by atoms with Crippen molar-refractivity contribution in [3.8, 4) is 0 Å². The van der Waals surface area contributed by atoms with Crippen molar-refractivity contribution in [1.29, 1.82) is 0 Å². The number of benzene rings is 1. The number of hydrogen-bond acceptors (Lipinski definition) is 2. The first kappa shape index (κ1) is 12.1. The Hall–Kier alpha value is -0.930. The highest BCUT2D eigenvalue weighted by Crippen LogP contribution is 2.16. The minimum atomic E-state index is -0.217. The highest BCUT2D eigenvalue weighted by molar-refractivity contribution is 5.19. The highest BCUT2D eigenvalue weighted by atomic mass is 19.1. The van der Waals surface area contributed by atoms with Crippen molar-refractivity contribution >= 4 is 0 Å². The lowest BCUT2D eigenvalue weighted by atomic mass is 10.1. The molecular weight excluding hydrogens is 193 g/mol. The van der Waals surface area contributed by atoms with Crippen LogP contribution in [0.4, 0.5) is 4.39 Å². The fourth-order valence-electron chi connectivity index (χ4n) is 1.36. The van der Waals surface area contributed by atoms with E-state index in [1.54, 1.807) is 19.2 Å². The van der Waals surface area contributed by atoms with Crippen LogP contribution in [-0.4, -0.2) is 19.7 Å². The number of ether oxygens (including phenoxy) is 1. The van der Waals surface area contributed by atoms with Crippen LogP contribution in [0.2, 0.25) is 0 Å². The first-order valence-electron chi connectivity index (χ1n) is 5.15. The molecule has 0 radical (unpaired) electrons. The Kier molecular flexibility index (Phi) is 4.72. The third-order valence-electron chi connectivity index (χ3n) is 2.24. The molecule has 2 nitrogen and oxygen atoms in total. The molecule has 0 aromatic heterocycles. The molecule has 1 aromatic rings. The molecule has 0 fully saturated rings. The second-order valence-corrected chi connectivity index (χ2v) is 3.84. The molecule has 0 aliphatic carbocycles. The van der Waals surface area contributed by atoms with E-state index >= 15 is 0 Å². The van der Waals surface area contributed by atoms with Gasteiger partial charge in [-0.3, -0.25) is 0 Å². The molecule has 15 heavy (non-hydrogen) atoms. The van der Waals surface area contributed by atoms with Crippen molar-refractivity contribution in [2.24, 2.45) is 0 Å². The van der Waals surface area contributed by atoms with Crippen molar-refractivity contribution in [1.82, 2.24) is 5.32 Å². The topological polar surface area (TPSA) is 21.3 Å². The fourth-order valence-corrected chi connectivity index (χ4v) is 1.36. The summed E-state index contributed by atoms with van der Waals surface area (Å²) in [5.74, 6) is -0.217. The molecule has 1 atom stereocenters. The number of methoxy groups -OCH3 is 1. The zero-order chi connectivity index (χ0) is 11.3.